The molecule has 0 fully saturated rings. The highest BCUT2D eigenvalue weighted by molar-refractivity contribution is 8.03. The number of allylic oxidation sites excluding steroid dienone is 2. The summed E-state index contributed by atoms with van der Waals surface area (Å²) < 4.78 is 3.48. The maximum atomic E-state index is 11.3. The molecule has 2 heterocycles. The number of carboxylic acids is 2. The van der Waals surface area contributed by atoms with Gasteiger partial charge in [-0.3, -0.25) is 0 Å². The minimum atomic E-state index is -0.928. The molecule has 8 heteroatoms. The number of aromatic nitrogens is 1. The van der Waals surface area contributed by atoms with Crippen molar-refractivity contribution in [3.63, 3.8) is 0 Å². The van der Waals surface area contributed by atoms with E-state index in [4.69, 9.17) is 0 Å². The van der Waals surface area contributed by atoms with Gasteiger partial charge in [0.05, 0.1) is 21.8 Å². The lowest BCUT2D eigenvalue weighted by atomic mass is 10.1. The molecule has 2 N–H and O–H groups in total. The summed E-state index contributed by atoms with van der Waals surface area (Å²) in [5.74, 6) is -1.86. The van der Waals surface area contributed by atoms with E-state index in [1.54, 1.807) is 47.4 Å². The average molecular weight is 606 g/mol. The molecule has 0 amide bonds. The number of rotatable bonds is 9. The number of fused-ring (bicyclic) bond motifs is 2. The van der Waals surface area contributed by atoms with E-state index in [1.165, 1.54) is 15.2 Å². The molecule has 0 saturated heterocycles. The molecule has 6 rings (SSSR count). The quantitative estimate of drug-likeness (QED) is 0.165. The molecule has 5 aromatic rings. The number of carbonyl (C=O) groups is 2. The molecule has 43 heavy (non-hydrogen) atoms. The smallest absolute Gasteiger partial charge is 0.335 e. The van der Waals surface area contributed by atoms with Crippen molar-refractivity contribution in [3.8, 4) is 0 Å². The second kappa shape index (κ2) is 12.3. The summed E-state index contributed by atoms with van der Waals surface area (Å²) >= 11 is 3.48. The van der Waals surface area contributed by atoms with Crippen LogP contribution in [0.3, 0.4) is 0 Å². The molecule has 214 valence electrons. The Hall–Kier alpha value is -4.66. The molecule has 0 spiro atoms. The van der Waals surface area contributed by atoms with Crippen molar-refractivity contribution >= 4 is 57.0 Å². The lowest BCUT2D eigenvalue weighted by Crippen LogP contribution is -2.35. The minimum Gasteiger partial charge on any atom is -0.478 e. The van der Waals surface area contributed by atoms with Crippen molar-refractivity contribution in [2.45, 2.75) is 31.3 Å². The van der Waals surface area contributed by atoms with Gasteiger partial charge in [-0.25, -0.2) is 9.59 Å². The third-order valence-corrected chi connectivity index (χ3v) is 9.61. The van der Waals surface area contributed by atoms with E-state index in [1.807, 2.05) is 48.5 Å². The van der Waals surface area contributed by atoms with Crippen LogP contribution >= 0.6 is 23.1 Å². The average Bonchev–Trinajstić information content (AvgIpc) is 3.54. The van der Waals surface area contributed by atoms with E-state index in [2.05, 4.69) is 52.8 Å². The normalized spacial score (nSPS) is 13.9. The molecule has 0 saturated carbocycles. The van der Waals surface area contributed by atoms with E-state index in [9.17, 15) is 19.8 Å². The van der Waals surface area contributed by atoms with Crippen LogP contribution in [0.4, 0.5) is 5.69 Å². The standard InChI is InChI=1S/C35H28N2O4S2/c1-2-23(19-32-36(28-7-3-5-9-30(28)42-32)21-24-11-15-26(16-12-24)34(38)39)20-33-37(29-8-4-6-10-31(29)43-33)22-25-13-17-27(18-14-25)35(40)41/h3-20H,2,21-22H2,1H3,(H-,38,39,40,41)/p+1. The van der Waals surface area contributed by atoms with Crippen LogP contribution in [0.15, 0.2) is 119 Å². The highest BCUT2D eigenvalue weighted by atomic mass is 32.2. The first-order chi connectivity index (χ1) is 20.9. The van der Waals surface area contributed by atoms with Crippen molar-refractivity contribution < 1.29 is 24.4 Å². The van der Waals surface area contributed by atoms with E-state index in [0.717, 1.165) is 38.8 Å². The zero-order valence-electron chi connectivity index (χ0n) is 23.4. The second-order valence-corrected chi connectivity index (χ2v) is 12.3. The van der Waals surface area contributed by atoms with Crippen LogP contribution in [0.1, 0.15) is 50.2 Å². The largest absolute Gasteiger partial charge is 0.478 e. The summed E-state index contributed by atoms with van der Waals surface area (Å²) in [6, 6.07) is 30.8. The third-order valence-electron chi connectivity index (χ3n) is 7.38. The van der Waals surface area contributed by atoms with E-state index in [-0.39, 0.29) is 11.1 Å². The third kappa shape index (κ3) is 6.11. The number of thioether (sulfide) groups is 1. The van der Waals surface area contributed by atoms with Crippen molar-refractivity contribution in [1.29, 1.82) is 0 Å². The summed E-state index contributed by atoms with van der Waals surface area (Å²) in [6.07, 6.45) is 5.35. The number of hydrogen-bond donors (Lipinski definition) is 2. The molecule has 0 aliphatic carbocycles. The first-order valence-corrected chi connectivity index (χ1v) is 15.6. The number of anilines is 1. The van der Waals surface area contributed by atoms with Gasteiger partial charge in [-0.05, 0) is 66.1 Å². The zero-order valence-corrected chi connectivity index (χ0v) is 25.1. The Balaban J connectivity index is 1.36. The zero-order chi connectivity index (χ0) is 29.9. The van der Waals surface area contributed by atoms with Gasteiger partial charge in [0.15, 0.2) is 6.54 Å². The number of carboxylic acid groups (broad SMARTS) is 2. The van der Waals surface area contributed by atoms with Gasteiger partial charge in [-0.15, -0.1) is 0 Å². The first-order valence-electron chi connectivity index (χ1n) is 13.9. The predicted molar refractivity (Wildman–Crippen MR) is 173 cm³/mol. The Labute approximate surface area is 257 Å². The van der Waals surface area contributed by atoms with Gasteiger partial charge in [0.1, 0.15) is 4.70 Å². The number of aromatic carboxylic acids is 2. The van der Waals surface area contributed by atoms with Crippen LogP contribution in [0.25, 0.3) is 16.3 Å². The Morgan fingerprint density at radius 2 is 1.44 bits per heavy atom. The molecule has 0 radical (unpaired) electrons. The molecular formula is C35H29N2O4S2+. The fourth-order valence-corrected chi connectivity index (χ4v) is 7.36. The number of thiazole rings is 1. The van der Waals surface area contributed by atoms with E-state index < -0.39 is 11.9 Å². The van der Waals surface area contributed by atoms with Crippen molar-refractivity contribution in [2.24, 2.45) is 0 Å². The summed E-state index contributed by atoms with van der Waals surface area (Å²) in [7, 11) is 0. The van der Waals surface area contributed by atoms with E-state index >= 15 is 0 Å². The predicted octanol–water partition coefficient (Wildman–Crippen LogP) is 8.08. The Morgan fingerprint density at radius 1 is 0.814 bits per heavy atom. The lowest BCUT2D eigenvalue weighted by Gasteiger charge is -2.21. The topological polar surface area (TPSA) is 81.7 Å². The van der Waals surface area contributed by atoms with Gasteiger partial charge >= 0.3 is 11.9 Å². The second-order valence-electron chi connectivity index (χ2n) is 10.2. The molecule has 0 bridgehead atoms. The highest BCUT2D eigenvalue weighted by Gasteiger charge is 2.26. The van der Waals surface area contributed by atoms with Gasteiger partial charge in [-0.1, -0.05) is 78.6 Å². The van der Waals surface area contributed by atoms with Gasteiger partial charge in [0.25, 0.3) is 5.01 Å². The Kier molecular flexibility index (Phi) is 8.13. The van der Waals surface area contributed by atoms with Crippen LogP contribution < -0.4 is 9.47 Å². The molecular weight excluding hydrogens is 577 g/mol. The van der Waals surface area contributed by atoms with Crippen LogP contribution in [0.2, 0.25) is 0 Å². The van der Waals surface area contributed by atoms with Crippen LogP contribution in [-0.4, -0.2) is 22.2 Å². The monoisotopic (exact) mass is 605 g/mol. The maximum absolute atomic E-state index is 11.3. The number of para-hydroxylation sites is 2. The molecule has 4 aromatic carbocycles. The van der Waals surface area contributed by atoms with E-state index in [0.29, 0.717) is 13.1 Å². The fraction of sp³-hybridized carbons (Fsp3) is 0.114. The summed E-state index contributed by atoms with van der Waals surface area (Å²) in [4.78, 5) is 26.2. The van der Waals surface area contributed by atoms with Crippen LogP contribution in [-0.2, 0) is 13.1 Å². The summed E-state index contributed by atoms with van der Waals surface area (Å²) in [6.45, 7) is 3.41. The maximum Gasteiger partial charge on any atom is 0.335 e. The molecule has 6 nitrogen and oxygen atoms in total. The molecule has 0 unspecified atom stereocenters. The molecule has 1 aromatic heterocycles. The van der Waals surface area contributed by atoms with Gasteiger partial charge in [-0.2, -0.15) is 4.57 Å². The Morgan fingerprint density at radius 3 is 2.12 bits per heavy atom. The number of nitrogens with zero attached hydrogens (tertiary/aromatic N) is 2. The molecule has 1 aliphatic heterocycles. The van der Waals surface area contributed by atoms with Crippen molar-refractivity contribution in [1.82, 2.24) is 0 Å². The highest BCUT2D eigenvalue weighted by Crippen LogP contribution is 2.47. The SMILES string of the molecule is CCC(=Cc1sc2ccccc2[n+]1Cc1ccc(C(=O)O)cc1)C=C1Sc2ccccc2N1Cc1ccc(C(=O)O)cc1. The van der Waals surface area contributed by atoms with Gasteiger partial charge < -0.3 is 15.1 Å². The lowest BCUT2D eigenvalue weighted by molar-refractivity contribution is -0.659. The molecule has 0 atom stereocenters. The van der Waals surface area contributed by atoms with Gasteiger partial charge in [0.2, 0.25) is 5.52 Å². The fourth-order valence-electron chi connectivity index (χ4n) is 5.08. The summed E-state index contributed by atoms with van der Waals surface area (Å²) in [5, 5.41) is 20.9. The summed E-state index contributed by atoms with van der Waals surface area (Å²) in [5.41, 5.74) is 6.08. The first kappa shape index (κ1) is 28.5. The number of benzene rings is 4. The van der Waals surface area contributed by atoms with Gasteiger partial charge in [0, 0.05) is 29.1 Å². The van der Waals surface area contributed by atoms with Crippen LogP contribution in [0, 0.1) is 0 Å². The van der Waals surface area contributed by atoms with Crippen molar-refractivity contribution in [2.75, 3.05) is 4.90 Å². The Bertz CT molecular complexity index is 1890. The van der Waals surface area contributed by atoms with Crippen LogP contribution in [0.5, 0.6) is 0 Å². The number of hydrogen-bond acceptors (Lipinski definition) is 5. The minimum absolute atomic E-state index is 0.279. The molecule has 1 aliphatic rings. The van der Waals surface area contributed by atoms with Crippen molar-refractivity contribution in [3.05, 3.63) is 141 Å².